The number of nitrogens with two attached hydrogens (primary N) is 1. The molecule has 0 saturated heterocycles. The number of carbonyl (C=O) groups excluding carboxylic acids is 2. The Morgan fingerprint density at radius 2 is 1.67 bits per heavy atom. The average molecular weight is 406 g/mol. The molecule has 0 bridgehead atoms. The Hall–Kier alpha value is -1.34. The third-order valence-electron chi connectivity index (χ3n) is 5.58. The Balaban J connectivity index is 0.00000676. The van der Waals surface area contributed by atoms with E-state index in [0.717, 1.165) is 25.7 Å². The van der Waals surface area contributed by atoms with Crippen LogP contribution in [0.3, 0.4) is 0 Å². The number of carboxylic acids is 1. The molecule has 158 valence electrons. The first-order valence-corrected chi connectivity index (χ1v) is 9.73. The highest BCUT2D eigenvalue weighted by molar-refractivity contribution is 5.85. The third kappa shape index (κ3) is 8.05. The lowest BCUT2D eigenvalue weighted by Gasteiger charge is -2.30. The highest BCUT2D eigenvalue weighted by atomic mass is 35.5. The summed E-state index contributed by atoms with van der Waals surface area (Å²) in [5.74, 6) is -1.08. The minimum atomic E-state index is -0.981. The number of carbonyl (C=O) groups is 3. The van der Waals surface area contributed by atoms with Gasteiger partial charge in [0.15, 0.2) is 0 Å². The minimum absolute atomic E-state index is 0. The smallest absolute Gasteiger partial charge is 0.326 e. The first-order valence-electron chi connectivity index (χ1n) is 9.73. The van der Waals surface area contributed by atoms with E-state index in [1.807, 2.05) is 27.7 Å². The largest absolute Gasteiger partial charge is 0.480 e. The van der Waals surface area contributed by atoms with Crippen LogP contribution in [0.1, 0.15) is 59.8 Å². The molecule has 1 aliphatic carbocycles. The number of hydrogen-bond acceptors (Lipinski definition) is 4. The van der Waals surface area contributed by atoms with Crippen molar-refractivity contribution < 1.29 is 19.5 Å². The first-order chi connectivity index (χ1) is 12.2. The second kappa shape index (κ2) is 12.2. The van der Waals surface area contributed by atoms with Gasteiger partial charge in [-0.15, -0.1) is 12.4 Å². The SMILES string of the molecule is CCC(C)[C@H](NC(=O)C1CCC(CNC(=O)[C@@H](N)C(C)C)CC1)C(=O)O.Cl. The molecule has 1 rings (SSSR count). The normalized spacial score (nSPS) is 22.9. The van der Waals surface area contributed by atoms with Crippen LogP contribution in [-0.4, -0.2) is 41.5 Å². The van der Waals surface area contributed by atoms with Gasteiger partial charge in [0, 0.05) is 12.5 Å². The van der Waals surface area contributed by atoms with E-state index >= 15 is 0 Å². The maximum absolute atomic E-state index is 12.4. The molecule has 0 aliphatic heterocycles. The van der Waals surface area contributed by atoms with Crippen LogP contribution >= 0.6 is 12.4 Å². The molecule has 5 N–H and O–H groups in total. The maximum Gasteiger partial charge on any atom is 0.326 e. The van der Waals surface area contributed by atoms with Crippen molar-refractivity contribution in [2.24, 2.45) is 29.4 Å². The zero-order valence-electron chi connectivity index (χ0n) is 16.9. The standard InChI is InChI=1S/C19H35N3O4.ClH/c1-5-12(4)16(19(25)26)22-17(23)14-8-6-13(7-9-14)10-21-18(24)15(20)11(2)3;/h11-16H,5-10,20H2,1-4H3,(H,21,24)(H,22,23)(H,25,26);1H/t12?,13?,14?,15-,16-;/m0./s1. The van der Waals surface area contributed by atoms with E-state index in [1.165, 1.54) is 0 Å². The summed E-state index contributed by atoms with van der Waals surface area (Å²) < 4.78 is 0. The number of halogens is 1. The fraction of sp³-hybridized carbons (Fsp3) is 0.842. The lowest BCUT2D eigenvalue weighted by atomic mass is 9.81. The van der Waals surface area contributed by atoms with Gasteiger partial charge in [0.05, 0.1) is 6.04 Å². The van der Waals surface area contributed by atoms with E-state index in [4.69, 9.17) is 5.73 Å². The minimum Gasteiger partial charge on any atom is -0.480 e. The molecule has 0 aromatic heterocycles. The van der Waals surface area contributed by atoms with Gasteiger partial charge < -0.3 is 21.5 Å². The maximum atomic E-state index is 12.4. The Morgan fingerprint density at radius 1 is 1.11 bits per heavy atom. The van der Waals surface area contributed by atoms with Crippen molar-refractivity contribution in [2.75, 3.05) is 6.54 Å². The lowest BCUT2D eigenvalue weighted by Crippen LogP contribution is -2.48. The third-order valence-corrected chi connectivity index (χ3v) is 5.58. The van der Waals surface area contributed by atoms with Crippen molar-refractivity contribution in [1.82, 2.24) is 10.6 Å². The van der Waals surface area contributed by atoms with Crippen molar-refractivity contribution in [3.05, 3.63) is 0 Å². The highest BCUT2D eigenvalue weighted by Gasteiger charge is 2.31. The van der Waals surface area contributed by atoms with E-state index < -0.39 is 18.1 Å². The molecule has 1 fully saturated rings. The molecule has 7 nitrogen and oxygen atoms in total. The molecular formula is C19H36ClN3O4. The summed E-state index contributed by atoms with van der Waals surface area (Å²) in [4.78, 5) is 35.7. The summed E-state index contributed by atoms with van der Waals surface area (Å²) in [6.07, 6.45) is 3.82. The number of hydrogen-bond donors (Lipinski definition) is 4. The number of aliphatic carboxylic acids is 1. The van der Waals surface area contributed by atoms with Crippen LogP contribution in [0, 0.1) is 23.7 Å². The number of amides is 2. The summed E-state index contributed by atoms with van der Waals surface area (Å²) in [5, 5.41) is 14.9. The summed E-state index contributed by atoms with van der Waals surface area (Å²) in [6.45, 7) is 8.16. The van der Waals surface area contributed by atoms with E-state index in [1.54, 1.807) is 0 Å². The van der Waals surface area contributed by atoms with Gasteiger partial charge in [0.2, 0.25) is 11.8 Å². The molecule has 1 saturated carbocycles. The van der Waals surface area contributed by atoms with Crippen molar-refractivity contribution in [3.63, 3.8) is 0 Å². The Kier molecular flexibility index (Phi) is 11.6. The molecule has 0 radical (unpaired) electrons. The van der Waals surface area contributed by atoms with Crippen LogP contribution < -0.4 is 16.4 Å². The van der Waals surface area contributed by atoms with Gasteiger partial charge in [-0.25, -0.2) is 4.79 Å². The average Bonchev–Trinajstić information content (AvgIpc) is 2.62. The van der Waals surface area contributed by atoms with Crippen LogP contribution in [0.4, 0.5) is 0 Å². The molecule has 1 unspecified atom stereocenters. The van der Waals surface area contributed by atoms with Gasteiger partial charge in [-0.2, -0.15) is 0 Å². The lowest BCUT2D eigenvalue weighted by molar-refractivity contribution is -0.144. The van der Waals surface area contributed by atoms with E-state index in [9.17, 15) is 19.5 Å². The van der Waals surface area contributed by atoms with Gasteiger partial charge in [0.1, 0.15) is 6.04 Å². The van der Waals surface area contributed by atoms with Crippen molar-refractivity contribution in [2.45, 2.75) is 71.9 Å². The van der Waals surface area contributed by atoms with Crippen LogP contribution in [0.5, 0.6) is 0 Å². The second-order valence-electron chi connectivity index (χ2n) is 7.94. The van der Waals surface area contributed by atoms with E-state index in [0.29, 0.717) is 18.9 Å². The summed E-state index contributed by atoms with van der Waals surface area (Å²) in [7, 11) is 0. The van der Waals surface area contributed by atoms with Crippen LogP contribution in [0.2, 0.25) is 0 Å². The number of nitrogens with one attached hydrogen (secondary N) is 2. The van der Waals surface area contributed by atoms with Crippen molar-refractivity contribution in [1.29, 1.82) is 0 Å². The topological polar surface area (TPSA) is 122 Å². The Morgan fingerprint density at radius 3 is 2.11 bits per heavy atom. The van der Waals surface area contributed by atoms with Gasteiger partial charge in [-0.3, -0.25) is 9.59 Å². The zero-order chi connectivity index (χ0) is 19.9. The molecule has 0 aromatic carbocycles. The molecule has 1 aliphatic rings. The summed E-state index contributed by atoms with van der Waals surface area (Å²) in [5.41, 5.74) is 5.83. The van der Waals surface area contributed by atoms with Gasteiger partial charge in [-0.05, 0) is 43.4 Å². The highest BCUT2D eigenvalue weighted by Crippen LogP contribution is 2.29. The van der Waals surface area contributed by atoms with E-state index in [-0.39, 0.29) is 42.0 Å². The monoisotopic (exact) mass is 405 g/mol. The van der Waals surface area contributed by atoms with E-state index in [2.05, 4.69) is 10.6 Å². The fourth-order valence-corrected chi connectivity index (χ4v) is 3.25. The van der Waals surface area contributed by atoms with Gasteiger partial charge in [-0.1, -0.05) is 34.1 Å². The molecule has 0 spiro atoms. The molecule has 2 amide bonds. The fourth-order valence-electron chi connectivity index (χ4n) is 3.25. The summed E-state index contributed by atoms with van der Waals surface area (Å²) in [6, 6.07) is -1.33. The van der Waals surface area contributed by atoms with Crippen LogP contribution in [-0.2, 0) is 14.4 Å². The molecule has 8 heteroatoms. The van der Waals surface area contributed by atoms with Gasteiger partial charge >= 0.3 is 5.97 Å². The van der Waals surface area contributed by atoms with Crippen molar-refractivity contribution in [3.8, 4) is 0 Å². The first kappa shape index (κ1) is 25.7. The number of rotatable bonds is 9. The predicted octanol–water partition coefficient (Wildman–Crippen LogP) is 1.93. The quantitative estimate of drug-likeness (QED) is 0.467. The molecule has 0 aromatic rings. The predicted molar refractivity (Wildman–Crippen MR) is 108 cm³/mol. The number of carboxylic acid groups (broad SMARTS) is 1. The Labute approximate surface area is 168 Å². The summed E-state index contributed by atoms with van der Waals surface area (Å²) >= 11 is 0. The molecule has 27 heavy (non-hydrogen) atoms. The zero-order valence-corrected chi connectivity index (χ0v) is 17.7. The Bertz CT molecular complexity index is 493. The van der Waals surface area contributed by atoms with Gasteiger partial charge in [0.25, 0.3) is 0 Å². The van der Waals surface area contributed by atoms with Crippen LogP contribution in [0.25, 0.3) is 0 Å². The van der Waals surface area contributed by atoms with Crippen LogP contribution in [0.15, 0.2) is 0 Å². The molecular weight excluding hydrogens is 370 g/mol. The molecule has 3 atom stereocenters. The second-order valence-corrected chi connectivity index (χ2v) is 7.94. The van der Waals surface area contributed by atoms with Crippen molar-refractivity contribution >= 4 is 30.2 Å². The molecule has 0 heterocycles.